The minimum atomic E-state index is -1.05. The summed E-state index contributed by atoms with van der Waals surface area (Å²) >= 11 is 1.45. The Morgan fingerprint density at radius 1 is 0.912 bits per heavy atom. The van der Waals surface area contributed by atoms with Gasteiger partial charge in [0.15, 0.2) is 0 Å². The lowest BCUT2D eigenvalue weighted by molar-refractivity contribution is -0.124. The number of hydrogen-bond donors (Lipinski definition) is 0. The van der Waals surface area contributed by atoms with Gasteiger partial charge in [0.1, 0.15) is 0 Å². The highest BCUT2D eigenvalue weighted by Gasteiger charge is 2.61. The van der Waals surface area contributed by atoms with Gasteiger partial charge in [-0.1, -0.05) is 48.5 Å². The maximum absolute atomic E-state index is 14.3. The molecule has 3 aliphatic heterocycles. The predicted octanol–water partition coefficient (Wildman–Crippen LogP) is 4.60. The third-order valence-corrected chi connectivity index (χ3v) is 8.47. The summed E-state index contributed by atoms with van der Waals surface area (Å²) in [5, 5.41) is 0. The van der Waals surface area contributed by atoms with Gasteiger partial charge in [-0.05, 0) is 60.7 Å². The summed E-state index contributed by atoms with van der Waals surface area (Å²) in [5.74, 6) is 0.243. The fourth-order valence-corrected chi connectivity index (χ4v) is 7.01. The van der Waals surface area contributed by atoms with Gasteiger partial charge in [0.25, 0.3) is 5.91 Å². The molecule has 0 radical (unpaired) electrons. The molecule has 3 aromatic carbocycles. The largest absolute Gasteiger partial charge is 0.295 e. The number of anilines is 2. The van der Waals surface area contributed by atoms with E-state index in [0.29, 0.717) is 6.67 Å². The Morgan fingerprint density at radius 3 is 2.41 bits per heavy atom. The van der Waals surface area contributed by atoms with Crippen molar-refractivity contribution in [3.05, 3.63) is 94.5 Å². The molecule has 6 rings (SSSR count). The van der Waals surface area contributed by atoms with Gasteiger partial charge in [-0.15, -0.1) is 11.8 Å². The van der Waals surface area contributed by atoms with Crippen molar-refractivity contribution in [2.45, 2.75) is 31.7 Å². The van der Waals surface area contributed by atoms with Crippen LogP contribution in [0.25, 0.3) is 0 Å². The van der Waals surface area contributed by atoms with Crippen LogP contribution < -0.4 is 9.80 Å². The minimum Gasteiger partial charge on any atom is -0.295 e. The van der Waals surface area contributed by atoms with Gasteiger partial charge < -0.3 is 0 Å². The van der Waals surface area contributed by atoms with Crippen LogP contribution in [0.1, 0.15) is 27.8 Å². The van der Waals surface area contributed by atoms with Crippen LogP contribution in [0, 0.1) is 13.8 Å². The Hall–Kier alpha value is -3.09. The number of carbonyl (C=O) groups is 2. The lowest BCUT2D eigenvalue weighted by Crippen LogP contribution is -2.52. The molecule has 1 fully saturated rings. The van der Waals surface area contributed by atoms with Gasteiger partial charge in [0.2, 0.25) is 10.8 Å². The van der Waals surface area contributed by atoms with E-state index < -0.39 is 4.87 Å². The molecule has 0 saturated carbocycles. The highest BCUT2D eigenvalue weighted by atomic mass is 32.2. The topological polar surface area (TPSA) is 43.9 Å². The number of thioether (sulfide) groups is 1. The Bertz CT molecular complexity index is 1300. The van der Waals surface area contributed by atoms with E-state index in [0.717, 1.165) is 47.6 Å². The van der Waals surface area contributed by atoms with E-state index in [-0.39, 0.29) is 17.6 Å². The average Bonchev–Trinajstić information content (AvgIpc) is 3.29. The quantitative estimate of drug-likeness (QED) is 0.563. The number of hydrogen-bond acceptors (Lipinski definition) is 4. The Balaban J connectivity index is 1.40. The molecule has 0 aromatic heterocycles. The molecule has 3 aromatic rings. The summed E-state index contributed by atoms with van der Waals surface area (Å²) in [7, 11) is 0. The van der Waals surface area contributed by atoms with Crippen LogP contribution in [0.3, 0.4) is 0 Å². The van der Waals surface area contributed by atoms with Gasteiger partial charge in [-0.3, -0.25) is 24.3 Å². The van der Waals surface area contributed by atoms with Crippen LogP contribution >= 0.6 is 11.8 Å². The van der Waals surface area contributed by atoms with Crippen molar-refractivity contribution in [3.8, 4) is 0 Å². The molecule has 1 spiro atoms. The minimum absolute atomic E-state index is 0.0214. The number of para-hydroxylation sites is 1. The maximum Gasteiger partial charge on any atom is 0.269 e. The van der Waals surface area contributed by atoms with E-state index in [2.05, 4.69) is 35.2 Å². The maximum atomic E-state index is 14.3. The van der Waals surface area contributed by atoms with Crippen molar-refractivity contribution in [3.63, 3.8) is 0 Å². The standard InChI is InChI=1S/C28H27N3O2S/c1-19-13-20(2)15-23(14-19)31-26(32)17-34-28(31)24-9-5-6-10-25(24)30(27(28)33)18-29-12-11-21-7-3-4-8-22(21)16-29/h3-10,13-15H,11-12,16-18H2,1-2H3/t28-/m1/s1. The van der Waals surface area contributed by atoms with Crippen molar-refractivity contribution in [1.29, 1.82) is 0 Å². The SMILES string of the molecule is Cc1cc(C)cc(N2C(=O)CS[C@]23C(=O)N(CN2CCc4ccccc4C2)c2ccccc23)c1. The van der Waals surface area contributed by atoms with Crippen LogP contribution in [0.15, 0.2) is 66.7 Å². The highest BCUT2D eigenvalue weighted by Crippen LogP contribution is 2.55. The molecule has 1 saturated heterocycles. The summed E-state index contributed by atoms with van der Waals surface area (Å²) in [4.78, 5) is 32.5. The first-order valence-corrected chi connectivity index (χ1v) is 12.7. The Morgan fingerprint density at radius 2 is 1.62 bits per heavy atom. The van der Waals surface area contributed by atoms with E-state index >= 15 is 0 Å². The van der Waals surface area contributed by atoms with E-state index in [1.54, 1.807) is 4.90 Å². The van der Waals surface area contributed by atoms with Gasteiger partial charge in [-0.25, -0.2) is 0 Å². The predicted molar refractivity (Wildman–Crippen MR) is 137 cm³/mol. The molecule has 3 aliphatic rings. The zero-order valence-corrected chi connectivity index (χ0v) is 20.3. The number of benzene rings is 3. The smallest absolute Gasteiger partial charge is 0.269 e. The number of nitrogens with zero attached hydrogens (tertiary/aromatic N) is 3. The summed E-state index contributed by atoms with van der Waals surface area (Å²) in [6.45, 7) is 6.30. The summed E-state index contributed by atoms with van der Waals surface area (Å²) in [6.07, 6.45) is 0.979. The second-order valence-corrected chi connectivity index (χ2v) is 10.6. The van der Waals surface area contributed by atoms with Crippen molar-refractivity contribution in [2.75, 3.05) is 28.8 Å². The van der Waals surface area contributed by atoms with E-state index in [1.807, 2.05) is 55.1 Å². The summed E-state index contributed by atoms with van der Waals surface area (Å²) in [6, 6.07) is 22.6. The highest BCUT2D eigenvalue weighted by molar-refractivity contribution is 8.02. The molecule has 0 aliphatic carbocycles. The third kappa shape index (κ3) is 3.20. The molecule has 0 bridgehead atoms. The van der Waals surface area contributed by atoms with Crippen molar-refractivity contribution in [2.24, 2.45) is 0 Å². The van der Waals surface area contributed by atoms with E-state index in [9.17, 15) is 9.59 Å². The van der Waals surface area contributed by atoms with Crippen LogP contribution in [-0.2, 0) is 27.4 Å². The molecule has 5 nitrogen and oxygen atoms in total. The van der Waals surface area contributed by atoms with Gasteiger partial charge in [0.05, 0.1) is 18.1 Å². The van der Waals surface area contributed by atoms with Gasteiger partial charge in [0, 0.05) is 24.3 Å². The number of aryl methyl sites for hydroxylation is 2. The molecule has 34 heavy (non-hydrogen) atoms. The fourth-order valence-electron chi connectivity index (χ4n) is 5.65. The molecule has 0 unspecified atom stereocenters. The van der Waals surface area contributed by atoms with Crippen molar-refractivity contribution < 1.29 is 9.59 Å². The van der Waals surface area contributed by atoms with Crippen molar-refractivity contribution in [1.82, 2.24) is 4.90 Å². The second-order valence-electron chi connectivity index (χ2n) is 9.47. The molecule has 2 amide bonds. The third-order valence-electron chi connectivity index (χ3n) is 7.08. The Kier molecular flexibility index (Phi) is 5.04. The molecule has 0 N–H and O–H groups in total. The normalized spacial score (nSPS) is 21.9. The number of rotatable bonds is 3. The number of amides is 2. The molecule has 172 valence electrons. The molecular formula is C28H27N3O2S. The first-order valence-electron chi connectivity index (χ1n) is 11.7. The molecular weight excluding hydrogens is 442 g/mol. The lowest BCUT2D eigenvalue weighted by Gasteiger charge is -2.35. The van der Waals surface area contributed by atoms with Crippen LogP contribution in [0.2, 0.25) is 0 Å². The number of carbonyl (C=O) groups excluding carboxylic acids is 2. The summed E-state index contributed by atoms with van der Waals surface area (Å²) < 4.78 is 0. The van der Waals surface area contributed by atoms with Crippen LogP contribution in [0.5, 0.6) is 0 Å². The van der Waals surface area contributed by atoms with E-state index in [4.69, 9.17) is 0 Å². The zero-order chi connectivity index (χ0) is 23.4. The monoisotopic (exact) mass is 469 g/mol. The first-order chi connectivity index (χ1) is 16.5. The lowest BCUT2D eigenvalue weighted by atomic mass is 10.0. The molecule has 1 atom stereocenters. The molecule has 6 heteroatoms. The average molecular weight is 470 g/mol. The van der Waals surface area contributed by atoms with E-state index in [1.165, 1.54) is 22.9 Å². The number of fused-ring (bicyclic) bond motifs is 3. The van der Waals surface area contributed by atoms with Gasteiger partial charge in [-0.2, -0.15) is 0 Å². The molecule has 3 heterocycles. The van der Waals surface area contributed by atoms with Crippen LogP contribution in [0.4, 0.5) is 11.4 Å². The Labute approximate surface area is 204 Å². The van der Waals surface area contributed by atoms with Gasteiger partial charge >= 0.3 is 0 Å². The summed E-state index contributed by atoms with van der Waals surface area (Å²) in [5.41, 5.74) is 7.49. The first kappa shape index (κ1) is 21.4. The second kappa shape index (κ2) is 8.00. The zero-order valence-electron chi connectivity index (χ0n) is 19.5. The fraction of sp³-hybridized carbons (Fsp3) is 0.286. The van der Waals surface area contributed by atoms with Crippen LogP contribution in [-0.4, -0.2) is 35.7 Å². The van der Waals surface area contributed by atoms with Crippen molar-refractivity contribution >= 4 is 35.0 Å².